The molecule has 1 unspecified atom stereocenters. The molecule has 0 aliphatic carbocycles. The van der Waals surface area contributed by atoms with Gasteiger partial charge in [0.25, 0.3) is 0 Å². The lowest BCUT2D eigenvalue weighted by Gasteiger charge is -2.09. The van der Waals surface area contributed by atoms with Gasteiger partial charge in [0.05, 0.1) is 18.0 Å². The molecule has 3 nitrogen and oxygen atoms in total. The molecular formula is C17H15FN2O. The Morgan fingerprint density at radius 3 is 2.52 bits per heavy atom. The molecule has 3 rings (SSSR count). The lowest BCUT2D eigenvalue weighted by atomic mass is 10.0. The second-order valence-electron chi connectivity index (χ2n) is 4.87. The van der Waals surface area contributed by atoms with Crippen molar-refractivity contribution in [2.24, 2.45) is 0 Å². The zero-order valence-corrected chi connectivity index (χ0v) is 11.4. The summed E-state index contributed by atoms with van der Waals surface area (Å²) in [5, 5.41) is 14.5. The quantitative estimate of drug-likeness (QED) is 0.797. The molecule has 0 spiro atoms. The normalized spacial score (nSPS) is 12.3. The molecule has 0 fully saturated rings. The van der Waals surface area contributed by atoms with Crippen molar-refractivity contribution in [3.8, 4) is 5.69 Å². The van der Waals surface area contributed by atoms with Gasteiger partial charge in [-0.05, 0) is 23.8 Å². The van der Waals surface area contributed by atoms with Crippen LogP contribution in [-0.2, 0) is 6.42 Å². The predicted molar refractivity (Wildman–Crippen MR) is 78.6 cm³/mol. The number of aliphatic hydroxyl groups is 1. The molecule has 3 aromatic rings. The van der Waals surface area contributed by atoms with E-state index in [1.54, 1.807) is 35.3 Å². The van der Waals surface area contributed by atoms with E-state index in [-0.39, 0.29) is 12.2 Å². The van der Waals surface area contributed by atoms with Crippen LogP contribution in [0.5, 0.6) is 0 Å². The van der Waals surface area contributed by atoms with Crippen LogP contribution in [0.25, 0.3) is 5.69 Å². The third kappa shape index (κ3) is 3.01. The van der Waals surface area contributed by atoms with E-state index in [1.165, 1.54) is 6.07 Å². The predicted octanol–water partition coefficient (Wildman–Crippen LogP) is 3.29. The molecule has 0 amide bonds. The Labute approximate surface area is 122 Å². The number of benzene rings is 2. The number of halogens is 1. The van der Waals surface area contributed by atoms with Crippen molar-refractivity contribution >= 4 is 0 Å². The maximum absolute atomic E-state index is 13.6. The highest BCUT2D eigenvalue weighted by Crippen LogP contribution is 2.20. The van der Waals surface area contributed by atoms with E-state index in [1.807, 2.05) is 30.3 Å². The number of para-hydroxylation sites is 1. The number of aromatic nitrogens is 2. The van der Waals surface area contributed by atoms with E-state index in [0.29, 0.717) is 11.1 Å². The minimum atomic E-state index is -0.778. The molecule has 21 heavy (non-hydrogen) atoms. The Morgan fingerprint density at radius 1 is 1.05 bits per heavy atom. The van der Waals surface area contributed by atoms with Crippen molar-refractivity contribution in [3.63, 3.8) is 0 Å². The minimum absolute atomic E-state index is 0.229. The van der Waals surface area contributed by atoms with Gasteiger partial charge in [0.15, 0.2) is 0 Å². The van der Waals surface area contributed by atoms with Gasteiger partial charge in [-0.1, -0.05) is 36.4 Å². The number of hydrogen-bond acceptors (Lipinski definition) is 2. The monoisotopic (exact) mass is 282 g/mol. The Balaban J connectivity index is 1.79. The zero-order chi connectivity index (χ0) is 14.7. The summed E-state index contributed by atoms with van der Waals surface area (Å²) in [5.74, 6) is -0.299. The van der Waals surface area contributed by atoms with Crippen molar-refractivity contribution < 1.29 is 9.50 Å². The lowest BCUT2D eigenvalue weighted by molar-refractivity contribution is 0.177. The van der Waals surface area contributed by atoms with Crippen molar-refractivity contribution in [2.45, 2.75) is 12.5 Å². The maximum Gasteiger partial charge on any atom is 0.126 e. The van der Waals surface area contributed by atoms with Crippen LogP contribution in [0.2, 0.25) is 0 Å². The van der Waals surface area contributed by atoms with E-state index >= 15 is 0 Å². The highest BCUT2D eigenvalue weighted by molar-refractivity contribution is 5.31. The molecule has 0 saturated heterocycles. The van der Waals surface area contributed by atoms with Gasteiger partial charge in [-0.3, -0.25) is 0 Å². The molecule has 0 radical (unpaired) electrons. The SMILES string of the molecule is OC(Cc1ccccc1F)c1cnn(-c2ccccc2)c1. The third-order valence-corrected chi connectivity index (χ3v) is 3.38. The molecular weight excluding hydrogens is 267 g/mol. The van der Waals surface area contributed by atoms with E-state index in [4.69, 9.17) is 0 Å². The van der Waals surface area contributed by atoms with Gasteiger partial charge < -0.3 is 5.11 Å². The molecule has 0 aliphatic rings. The molecule has 1 aromatic heterocycles. The molecule has 1 N–H and O–H groups in total. The van der Waals surface area contributed by atoms with E-state index < -0.39 is 6.10 Å². The van der Waals surface area contributed by atoms with Crippen LogP contribution in [0.3, 0.4) is 0 Å². The van der Waals surface area contributed by atoms with Gasteiger partial charge in [-0.15, -0.1) is 0 Å². The number of nitrogens with zero attached hydrogens (tertiary/aromatic N) is 2. The molecule has 0 saturated carbocycles. The second-order valence-corrected chi connectivity index (χ2v) is 4.87. The first-order chi connectivity index (χ1) is 10.2. The summed E-state index contributed by atoms with van der Waals surface area (Å²) >= 11 is 0. The molecule has 0 bridgehead atoms. The standard InChI is InChI=1S/C17H15FN2O/c18-16-9-5-4-6-13(16)10-17(21)14-11-19-20(12-14)15-7-2-1-3-8-15/h1-9,11-12,17,21H,10H2. The van der Waals surface area contributed by atoms with Gasteiger partial charge in [-0.2, -0.15) is 5.10 Å². The first kappa shape index (κ1) is 13.5. The Bertz CT molecular complexity index is 724. The average molecular weight is 282 g/mol. The summed E-state index contributed by atoms with van der Waals surface area (Å²) in [6, 6.07) is 16.1. The third-order valence-electron chi connectivity index (χ3n) is 3.38. The first-order valence-electron chi connectivity index (χ1n) is 6.75. The molecule has 1 heterocycles. The van der Waals surface area contributed by atoms with Crippen LogP contribution in [0.1, 0.15) is 17.2 Å². The topological polar surface area (TPSA) is 38.1 Å². The fourth-order valence-electron chi connectivity index (χ4n) is 2.22. The van der Waals surface area contributed by atoms with Gasteiger partial charge in [0.2, 0.25) is 0 Å². The van der Waals surface area contributed by atoms with Crippen LogP contribution >= 0.6 is 0 Å². The Kier molecular flexibility index (Phi) is 3.79. The minimum Gasteiger partial charge on any atom is -0.388 e. The summed E-state index contributed by atoms with van der Waals surface area (Å²) in [4.78, 5) is 0. The number of aliphatic hydroxyl groups excluding tert-OH is 1. The van der Waals surface area contributed by atoms with Crippen molar-refractivity contribution in [3.05, 3.63) is 83.9 Å². The van der Waals surface area contributed by atoms with Gasteiger partial charge in [0, 0.05) is 18.2 Å². The highest BCUT2D eigenvalue weighted by atomic mass is 19.1. The summed E-state index contributed by atoms with van der Waals surface area (Å²) in [5.41, 5.74) is 2.08. The summed E-state index contributed by atoms with van der Waals surface area (Å²) in [7, 11) is 0. The molecule has 0 aliphatic heterocycles. The van der Waals surface area contributed by atoms with Crippen molar-refractivity contribution in [1.82, 2.24) is 9.78 Å². The smallest absolute Gasteiger partial charge is 0.126 e. The van der Waals surface area contributed by atoms with Crippen LogP contribution in [-0.4, -0.2) is 14.9 Å². The van der Waals surface area contributed by atoms with Crippen LogP contribution < -0.4 is 0 Å². The van der Waals surface area contributed by atoms with E-state index in [9.17, 15) is 9.50 Å². The number of rotatable bonds is 4. The van der Waals surface area contributed by atoms with Crippen LogP contribution in [0.4, 0.5) is 4.39 Å². The Hall–Kier alpha value is -2.46. The molecule has 4 heteroatoms. The highest BCUT2D eigenvalue weighted by Gasteiger charge is 2.13. The molecule has 1 atom stereocenters. The molecule has 2 aromatic carbocycles. The van der Waals surface area contributed by atoms with Crippen molar-refractivity contribution in [2.75, 3.05) is 0 Å². The van der Waals surface area contributed by atoms with Gasteiger partial charge in [-0.25, -0.2) is 9.07 Å². The van der Waals surface area contributed by atoms with Crippen LogP contribution in [0.15, 0.2) is 67.0 Å². The summed E-state index contributed by atoms with van der Waals surface area (Å²) in [6.07, 6.45) is 2.83. The molecule has 106 valence electrons. The van der Waals surface area contributed by atoms with Gasteiger partial charge in [0.1, 0.15) is 5.82 Å². The van der Waals surface area contributed by atoms with E-state index in [2.05, 4.69) is 5.10 Å². The second kappa shape index (κ2) is 5.89. The summed E-state index contributed by atoms with van der Waals surface area (Å²) < 4.78 is 15.3. The fraction of sp³-hybridized carbons (Fsp3) is 0.118. The fourth-order valence-corrected chi connectivity index (χ4v) is 2.22. The maximum atomic E-state index is 13.6. The zero-order valence-electron chi connectivity index (χ0n) is 11.4. The Morgan fingerprint density at radius 2 is 1.76 bits per heavy atom. The largest absolute Gasteiger partial charge is 0.388 e. The van der Waals surface area contributed by atoms with Crippen molar-refractivity contribution in [1.29, 1.82) is 0 Å². The first-order valence-corrected chi connectivity index (χ1v) is 6.75. The van der Waals surface area contributed by atoms with Gasteiger partial charge >= 0.3 is 0 Å². The van der Waals surface area contributed by atoms with E-state index in [0.717, 1.165) is 5.69 Å². The van der Waals surface area contributed by atoms with Crippen LogP contribution in [0, 0.1) is 5.82 Å². The summed E-state index contributed by atoms with van der Waals surface area (Å²) in [6.45, 7) is 0. The lowest BCUT2D eigenvalue weighted by Crippen LogP contribution is -2.02. The average Bonchev–Trinajstić information content (AvgIpc) is 3.00. The number of hydrogen-bond donors (Lipinski definition) is 1.